The molecule has 162 valence electrons. The summed E-state index contributed by atoms with van der Waals surface area (Å²) in [6, 6.07) is 0. The van der Waals surface area contributed by atoms with E-state index < -0.39 is 0 Å². The first-order valence-corrected chi connectivity index (χ1v) is 9.92. The minimum atomic E-state index is -0.302. The van der Waals surface area contributed by atoms with Crippen LogP contribution in [0.4, 0.5) is 0 Å². The zero-order chi connectivity index (χ0) is 22.0. The molecule has 1 aliphatic heterocycles. The van der Waals surface area contributed by atoms with Crippen LogP contribution in [0.5, 0.6) is 0 Å². The highest BCUT2D eigenvalue weighted by Crippen LogP contribution is 2.21. The van der Waals surface area contributed by atoms with Crippen LogP contribution in [0.15, 0.2) is 0 Å². The molecular weight excluding hydrogens is 358 g/mol. The number of primary amides is 1. The van der Waals surface area contributed by atoms with E-state index in [9.17, 15) is 19.5 Å². The summed E-state index contributed by atoms with van der Waals surface area (Å²) in [7, 11) is 0. The van der Waals surface area contributed by atoms with Gasteiger partial charge in [0.2, 0.25) is 18.2 Å². The Balaban J connectivity index is 0. The van der Waals surface area contributed by atoms with Crippen LogP contribution in [0, 0.1) is 17.8 Å². The Kier molecular flexibility index (Phi) is 17.1. The summed E-state index contributed by atoms with van der Waals surface area (Å²) in [5, 5.41) is 11.7. The summed E-state index contributed by atoms with van der Waals surface area (Å²) in [5.41, 5.74) is 4.97. The molecule has 1 aliphatic rings. The number of carbonyl (C=O) groups excluding carboxylic acids is 3. The molecule has 1 heterocycles. The second kappa shape index (κ2) is 17.1. The summed E-state index contributed by atoms with van der Waals surface area (Å²) in [5.74, 6) is 2.49. The van der Waals surface area contributed by atoms with Gasteiger partial charge in [0.25, 0.3) is 0 Å². The number of β-amino-alcohol motifs (C(OH)–C–C–N with tert-alkyl or cyclic N) is 1. The van der Waals surface area contributed by atoms with Crippen LogP contribution in [0.2, 0.25) is 0 Å². The number of nitrogens with zero attached hydrogens (tertiary/aromatic N) is 1. The molecule has 0 spiro atoms. The van der Waals surface area contributed by atoms with Crippen LogP contribution >= 0.6 is 0 Å². The largest absolute Gasteiger partial charge is 0.391 e. The number of aliphatic hydroxyl groups excluding tert-OH is 1. The maximum absolute atomic E-state index is 11.6. The van der Waals surface area contributed by atoms with Gasteiger partial charge in [-0.1, -0.05) is 27.2 Å². The van der Waals surface area contributed by atoms with E-state index in [1.54, 1.807) is 4.90 Å². The molecule has 0 saturated carbocycles. The number of hydrogen-bond donors (Lipinski definition) is 3. The number of amides is 3. The summed E-state index contributed by atoms with van der Waals surface area (Å²) in [6.07, 6.45) is 10.9. The minimum Gasteiger partial charge on any atom is -0.391 e. The number of carbonyl (C=O) groups is 3. The number of unbranched alkanes of at least 4 members (excludes halogenated alkanes) is 3. The van der Waals surface area contributed by atoms with E-state index in [0.29, 0.717) is 25.8 Å². The molecule has 1 fully saturated rings. The third-order valence-corrected chi connectivity index (χ3v) is 3.73. The molecule has 0 aromatic rings. The molecule has 0 aromatic carbocycles. The standard InChI is InChI=1S/C10H19NO2.C8H13NO.C3H7NO/c1-10(2,3)6-9(13)11-5-4-8(12)7-11;1-2-3-4-5-6-7-8(9)10;1-2-4-3-5/h8,12H,4-7H2,1-3H3;1H,3-7H2,(H2,9,10);3H,2H2,1H3,(H,4,5). The van der Waals surface area contributed by atoms with Crippen molar-refractivity contribution in [3.05, 3.63) is 0 Å². The highest BCUT2D eigenvalue weighted by Gasteiger charge is 2.27. The van der Waals surface area contributed by atoms with Crippen molar-refractivity contribution in [3.63, 3.8) is 0 Å². The first kappa shape index (κ1) is 28.1. The van der Waals surface area contributed by atoms with Crippen molar-refractivity contribution >= 4 is 18.2 Å². The van der Waals surface area contributed by atoms with Crippen molar-refractivity contribution < 1.29 is 19.5 Å². The van der Waals surface area contributed by atoms with E-state index in [0.717, 1.165) is 45.2 Å². The molecule has 3 amide bonds. The van der Waals surface area contributed by atoms with Gasteiger partial charge in [0, 0.05) is 38.9 Å². The Labute approximate surface area is 170 Å². The van der Waals surface area contributed by atoms with Gasteiger partial charge in [0.1, 0.15) is 0 Å². The van der Waals surface area contributed by atoms with Gasteiger partial charge in [-0.15, -0.1) is 12.3 Å². The van der Waals surface area contributed by atoms with Crippen LogP contribution in [-0.4, -0.2) is 54.0 Å². The van der Waals surface area contributed by atoms with Crippen LogP contribution in [0.1, 0.15) is 72.6 Å². The van der Waals surface area contributed by atoms with Crippen molar-refractivity contribution in [1.29, 1.82) is 0 Å². The van der Waals surface area contributed by atoms with E-state index in [2.05, 4.69) is 32.0 Å². The number of nitrogens with one attached hydrogen (secondary N) is 1. The van der Waals surface area contributed by atoms with Gasteiger partial charge in [-0.05, 0) is 31.6 Å². The molecule has 28 heavy (non-hydrogen) atoms. The van der Waals surface area contributed by atoms with Crippen molar-refractivity contribution in [2.75, 3.05) is 19.6 Å². The van der Waals surface area contributed by atoms with E-state index in [1.807, 2.05) is 6.92 Å². The van der Waals surface area contributed by atoms with Crippen molar-refractivity contribution in [2.45, 2.75) is 78.7 Å². The lowest BCUT2D eigenvalue weighted by molar-refractivity contribution is -0.132. The van der Waals surface area contributed by atoms with Crippen molar-refractivity contribution in [3.8, 4) is 12.3 Å². The predicted octanol–water partition coefficient (Wildman–Crippen LogP) is 1.82. The topological polar surface area (TPSA) is 113 Å². The first-order valence-electron chi connectivity index (χ1n) is 9.92. The lowest BCUT2D eigenvalue weighted by atomic mass is 9.92. The first-order chi connectivity index (χ1) is 13.1. The zero-order valence-corrected chi connectivity index (χ0v) is 18.0. The van der Waals surface area contributed by atoms with Crippen LogP contribution in [-0.2, 0) is 14.4 Å². The molecular formula is C21H39N3O4. The van der Waals surface area contributed by atoms with Crippen molar-refractivity contribution in [2.24, 2.45) is 11.1 Å². The zero-order valence-electron chi connectivity index (χ0n) is 18.0. The Morgan fingerprint density at radius 3 is 2.32 bits per heavy atom. The van der Waals surface area contributed by atoms with Crippen LogP contribution in [0.25, 0.3) is 0 Å². The summed E-state index contributed by atoms with van der Waals surface area (Å²) >= 11 is 0. The van der Waals surface area contributed by atoms with Gasteiger partial charge >= 0.3 is 0 Å². The maximum atomic E-state index is 11.6. The van der Waals surface area contributed by atoms with Gasteiger partial charge in [-0.25, -0.2) is 0 Å². The molecule has 0 radical (unpaired) electrons. The fourth-order valence-electron chi connectivity index (χ4n) is 2.32. The number of likely N-dealkylation sites (tertiary alicyclic amines) is 1. The van der Waals surface area contributed by atoms with E-state index in [-0.39, 0.29) is 23.3 Å². The maximum Gasteiger partial charge on any atom is 0.223 e. The highest BCUT2D eigenvalue weighted by molar-refractivity contribution is 5.77. The molecule has 4 N–H and O–H groups in total. The SMILES string of the molecule is C#CCCCCCC(N)=O.CC(C)(C)CC(=O)N1CCC(O)C1.CCNC=O. The second-order valence-electron chi connectivity index (χ2n) is 7.93. The number of nitrogens with two attached hydrogens (primary N) is 1. The Morgan fingerprint density at radius 1 is 1.32 bits per heavy atom. The summed E-state index contributed by atoms with van der Waals surface area (Å²) < 4.78 is 0. The highest BCUT2D eigenvalue weighted by atomic mass is 16.3. The molecule has 7 heteroatoms. The van der Waals surface area contributed by atoms with Gasteiger partial charge in [-0.2, -0.15) is 0 Å². The average molecular weight is 398 g/mol. The van der Waals surface area contributed by atoms with Gasteiger partial charge in [0.15, 0.2) is 0 Å². The molecule has 1 unspecified atom stereocenters. The lowest BCUT2D eigenvalue weighted by Crippen LogP contribution is -2.32. The third kappa shape index (κ3) is 20.2. The number of rotatable bonds is 8. The molecule has 0 aliphatic carbocycles. The molecule has 1 saturated heterocycles. The molecule has 1 rings (SSSR count). The molecule has 0 aromatic heterocycles. The van der Waals surface area contributed by atoms with Gasteiger partial charge in [-0.3, -0.25) is 14.4 Å². The minimum absolute atomic E-state index is 0.0463. The van der Waals surface area contributed by atoms with Crippen molar-refractivity contribution in [1.82, 2.24) is 10.2 Å². The van der Waals surface area contributed by atoms with E-state index in [4.69, 9.17) is 12.2 Å². The molecule has 1 atom stereocenters. The quantitative estimate of drug-likeness (QED) is 0.329. The molecule has 7 nitrogen and oxygen atoms in total. The van der Waals surface area contributed by atoms with E-state index >= 15 is 0 Å². The monoisotopic (exact) mass is 397 g/mol. The number of aliphatic hydroxyl groups is 1. The predicted molar refractivity (Wildman–Crippen MR) is 112 cm³/mol. The number of terminal acetylenes is 1. The third-order valence-electron chi connectivity index (χ3n) is 3.73. The summed E-state index contributed by atoms with van der Waals surface area (Å²) in [6.45, 7) is 10.00. The summed E-state index contributed by atoms with van der Waals surface area (Å²) in [4.78, 5) is 32.9. The Bertz CT molecular complexity index is 481. The van der Waals surface area contributed by atoms with Crippen LogP contribution in [0.3, 0.4) is 0 Å². The average Bonchev–Trinajstić information content (AvgIpc) is 3.02. The fraction of sp³-hybridized carbons (Fsp3) is 0.762. The number of hydrogen-bond acceptors (Lipinski definition) is 4. The Morgan fingerprint density at radius 2 is 1.96 bits per heavy atom. The van der Waals surface area contributed by atoms with E-state index in [1.165, 1.54) is 0 Å². The van der Waals surface area contributed by atoms with Crippen LogP contribution < -0.4 is 11.1 Å². The molecule has 0 bridgehead atoms. The Hall–Kier alpha value is -2.07. The van der Waals surface area contributed by atoms with Gasteiger partial charge < -0.3 is 21.1 Å². The van der Waals surface area contributed by atoms with Gasteiger partial charge in [0.05, 0.1) is 6.10 Å². The second-order valence-corrected chi connectivity index (χ2v) is 7.93. The lowest BCUT2D eigenvalue weighted by Gasteiger charge is -2.22. The smallest absolute Gasteiger partial charge is 0.223 e. The normalized spacial score (nSPS) is 15.3. The fourth-order valence-corrected chi connectivity index (χ4v) is 2.32.